The minimum absolute atomic E-state index is 0.102. The number of carbonyl (C=O) groups is 1. The van der Waals surface area contributed by atoms with E-state index in [0.29, 0.717) is 21.8 Å². The second kappa shape index (κ2) is 9.71. The van der Waals surface area contributed by atoms with Crippen molar-refractivity contribution in [2.24, 2.45) is 5.10 Å². The van der Waals surface area contributed by atoms with Gasteiger partial charge in [0.2, 0.25) is 10.0 Å². The van der Waals surface area contributed by atoms with E-state index in [-0.39, 0.29) is 12.5 Å². The molecule has 28 heavy (non-hydrogen) atoms. The van der Waals surface area contributed by atoms with E-state index in [1.807, 2.05) is 13.8 Å². The summed E-state index contributed by atoms with van der Waals surface area (Å²) in [5.74, 6) is -0.344. The van der Waals surface area contributed by atoms with Crippen molar-refractivity contribution in [2.75, 3.05) is 10.6 Å². The summed E-state index contributed by atoms with van der Waals surface area (Å²) in [5.41, 5.74) is 4.96. The third kappa shape index (κ3) is 5.81. The highest BCUT2D eigenvalue weighted by atomic mass is 35.5. The third-order valence-electron chi connectivity index (χ3n) is 4.22. The SMILES string of the molecule is CCC(CC)=NNC(=O)c1ccc(N(Cc2ccccc2Cl)S(C)(=O)=O)cc1. The van der Waals surface area contributed by atoms with Gasteiger partial charge in [-0.1, -0.05) is 43.6 Å². The Balaban J connectivity index is 2.23. The number of amides is 1. The molecule has 2 aromatic rings. The summed E-state index contributed by atoms with van der Waals surface area (Å²) in [6.45, 7) is 4.05. The molecule has 0 fully saturated rings. The van der Waals surface area contributed by atoms with Crippen molar-refractivity contribution in [3.63, 3.8) is 0 Å². The summed E-state index contributed by atoms with van der Waals surface area (Å²) in [6, 6.07) is 13.4. The predicted octanol–water partition coefficient (Wildman–Crippen LogP) is 4.21. The van der Waals surface area contributed by atoms with Crippen molar-refractivity contribution in [1.29, 1.82) is 0 Å². The molecule has 0 saturated heterocycles. The van der Waals surface area contributed by atoms with Crippen molar-refractivity contribution in [3.8, 4) is 0 Å². The minimum atomic E-state index is -3.54. The maximum Gasteiger partial charge on any atom is 0.271 e. The van der Waals surface area contributed by atoms with Crippen molar-refractivity contribution >= 4 is 38.9 Å². The average molecular weight is 422 g/mol. The van der Waals surface area contributed by atoms with Gasteiger partial charge in [-0.3, -0.25) is 9.10 Å². The quantitative estimate of drug-likeness (QED) is 0.512. The summed E-state index contributed by atoms with van der Waals surface area (Å²) in [4.78, 5) is 12.2. The Morgan fingerprint density at radius 2 is 1.68 bits per heavy atom. The number of rotatable bonds is 8. The molecule has 0 heterocycles. The Morgan fingerprint density at radius 1 is 1.07 bits per heavy atom. The van der Waals surface area contributed by atoms with Crippen LogP contribution in [0, 0.1) is 0 Å². The molecule has 0 saturated carbocycles. The summed E-state index contributed by atoms with van der Waals surface area (Å²) in [5, 5.41) is 4.59. The standard InChI is InChI=1S/C20H24ClN3O3S/c1-4-17(5-2)22-23-20(25)15-10-12-18(13-11-15)24(28(3,26)27)14-16-8-6-7-9-19(16)21/h6-13H,4-5,14H2,1-3H3,(H,23,25). The molecule has 6 nitrogen and oxygen atoms in total. The van der Waals surface area contributed by atoms with Crippen molar-refractivity contribution < 1.29 is 13.2 Å². The summed E-state index contributed by atoms with van der Waals surface area (Å²) >= 11 is 6.17. The highest BCUT2D eigenvalue weighted by Crippen LogP contribution is 2.24. The molecule has 0 unspecified atom stereocenters. The molecule has 1 N–H and O–H groups in total. The van der Waals surface area contributed by atoms with Crippen molar-refractivity contribution in [2.45, 2.75) is 33.2 Å². The van der Waals surface area contributed by atoms with Crippen LogP contribution in [0.25, 0.3) is 0 Å². The van der Waals surface area contributed by atoms with Crippen molar-refractivity contribution in [1.82, 2.24) is 5.43 Å². The molecule has 0 bridgehead atoms. The second-order valence-electron chi connectivity index (χ2n) is 6.23. The van der Waals surface area contributed by atoms with Crippen LogP contribution in [-0.2, 0) is 16.6 Å². The van der Waals surface area contributed by atoms with Crippen LogP contribution < -0.4 is 9.73 Å². The summed E-state index contributed by atoms with van der Waals surface area (Å²) in [7, 11) is -3.54. The molecule has 0 aromatic heterocycles. The first-order valence-electron chi connectivity index (χ1n) is 8.93. The number of hydrazone groups is 1. The number of nitrogens with zero attached hydrogens (tertiary/aromatic N) is 2. The van der Waals surface area contributed by atoms with E-state index in [1.165, 1.54) is 4.31 Å². The Bertz CT molecular complexity index is 951. The topological polar surface area (TPSA) is 78.8 Å². The summed E-state index contributed by atoms with van der Waals surface area (Å²) < 4.78 is 25.8. The normalized spacial score (nSPS) is 11.0. The maximum absolute atomic E-state index is 12.3. The fourth-order valence-corrected chi connectivity index (χ4v) is 3.64. The maximum atomic E-state index is 12.3. The van der Waals surface area contributed by atoms with E-state index in [1.54, 1.807) is 48.5 Å². The van der Waals surface area contributed by atoms with Crippen LogP contribution in [0.2, 0.25) is 5.02 Å². The number of carbonyl (C=O) groups excluding carboxylic acids is 1. The van der Waals surface area contributed by atoms with Crippen LogP contribution >= 0.6 is 11.6 Å². The van der Waals surface area contributed by atoms with E-state index < -0.39 is 10.0 Å². The number of sulfonamides is 1. The van der Waals surface area contributed by atoms with Crippen LogP contribution in [0.5, 0.6) is 0 Å². The van der Waals surface area contributed by atoms with E-state index >= 15 is 0 Å². The number of halogens is 1. The highest BCUT2D eigenvalue weighted by molar-refractivity contribution is 7.92. The van der Waals surface area contributed by atoms with Crippen molar-refractivity contribution in [3.05, 3.63) is 64.7 Å². The van der Waals surface area contributed by atoms with E-state index in [4.69, 9.17) is 11.6 Å². The molecule has 8 heteroatoms. The van der Waals surface area contributed by atoms with Gasteiger partial charge in [0, 0.05) is 16.3 Å². The zero-order valence-corrected chi connectivity index (χ0v) is 17.7. The minimum Gasteiger partial charge on any atom is -0.267 e. The Labute approximate surface area is 171 Å². The fourth-order valence-electron chi connectivity index (χ4n) is 2.56. The van der Waals surface area contributed by atoms with Gasteiger partial charge in [-0.2, -0.15) is 5.10 Å². The number of nitrogens with one attached hydrogen (secondary N) is 1. The monoisotopic (exact) mass is 421 g/mol. The molecule has 0 atom stereocenters. The summed E-state index contributed by atoms with van der Waals surface area (Å²) in [6.07, 6.45) is 2.67. The molecular weight excluding hydrogens is 398 g/mol. The number of hydrogen-bond donors (Lipinski definition) is 1. The first kappa shape index (κ1) is 21.9. The van der Waals surface area contributed by atoms with Crippen LogP contribution in [0.1, 0.15) is 42.6 Å². The lowest BCUT2D eigenvalue weighted by Crippen LogP contribution is -2.29. The Hall–Kier alpha value is -2.38. The van der Waals surface area contributed by atoms with Gasteiger partial charge in [0.05, 0.1) is 18.5 Å². The van der Waals surface area contributed by atoms with E-state index in [9.17, 15) is 13.2 Å². The second-order valence-corrected chi connectivity index (χ2v) is 8.55. The lowest BCUT2D eigenvalue weighted by molar-refractivity contribution is 0.0954. The van der Waals surface area contributed by atoms with Crippen LogP contribution in [0.3, 0.4) is 0 Å². The molecule has 0 aliphatic carbocycles. The fraction of sp³-hybridized carbons (Fsp3) is 0.300. The first-order valence-corrected chi connectivity index (χ1v) is 11.2. The molecule has 2 aromatic carbocycles. The zero-order chi connectivity index (χ0) is 20.7. The molecule has 150 valence electrons. The molecule has 0 spiro atoms. The van der Waals surface area contributed by atoms with Gasteiger partial charge in [0.15, 0.2) is 0 Å². The smallest absolute Gasteiger partial charge is 0.267 e. The molecule has 0 aliphatic heterocycles. The number of benzene rings is 2. The Morgan fingerprint density at radius 3 is 2.21 bits per heavy atom. The first-order chi connectivity index (χ1) is 13.3. The third-order valence-corrected chi connectivity index (χ3v) is 5.73. The lowest BCUT2D eigenvalue weighted by atomic mass is 10.2. The molecular formula is C20H24ClN3O3S. The zero-order valence-electron chi connectivity index (χ0n) is 16.1. The van der Waals surface area contributed by atoms with Gasteiger partial charge in [0.25, 0.3) is 5.91 Å². The molecule has 0 aliphatic rings. The van der Waals surface area contributed by atoms with Crippen LogP contribution in [-0.4, -0.2) is 26.3 Å². The highest BCUT2D eigenvalue weighted by Gasteiger charge is 2.19. The van der Waals surface area contributed by atoms with Gasteiger partial charge in [-0.15, -0.1) is 0 Å². The molecule has 2 rings (SSSR count). The number of anilines is 1. The van der Waals surface area contributed by atoms with E-state index in [2.05, 4.69) is 10.5 Å². The molecule has 0 radical (unpaired) electrons. The van der Waals surface area contributed by atoms with Gasteiger partial charge in [-0.25, -0.2) is 13.8 Å². The van der Waals surface area contributed by atoms with Crippen LogP contribution in [0.4, 0.5) is 5.69 Å². The predicted molar refractivity (Wildman–Crippen MR) is 114 cm³/mol. The van der Waals surface area contributed by atoms with Gasteiger partial charge >= 0.3 is 0 Å². The van der Waals surface area contributed by atoms with E-state index in [0.717, 1.165) is 24.8 Å². The largest absolute Gasteiger partial charge is 0.271 e. The van der Waals surface area contributed by atoms with Gasteiger partial charge < -0.3 is 0 Å². The van der Waals surface area contributed by atoms with Gasteiger partial charge in [0.1, 0.15) is 0 Å². The number of hydrogen-bond acceptors (Lipinski definition) is 4. The molecule has 1 amide bonds. The van der Waals surface area contributed by atoms with Crippen LogP contribution in [0.15, 0.2) is 53.6 Å². The van der Waals surface area contributed by atoms with Gasteiger partial charge in [-0.05, 0) is 48.7 Å². The Kier molecular flexibility index (Phi) is 7.60. The average Bonchev–Trinajstić information content (AvgIpc) is 2.67. The lowest BCUT2D eigenvalue weighted by Gasteiger charge is -2.23.